The van der Waals surface area contributed by atoms with Crippen LogP contribution in [0, 0.1) is 0 Å². The van der Waals surface area contributed by atoms with Gasteiger partial charge in [0.05, 0.1) is 6.04 Å². The molecule has 1 aliphatic heterocycles. The van der Waals surface area contributed by atoms with Crippen molar-refractivity contribution >= 4 is 23.3 Å². The van der Waals surface area contributed by atoms with E-state index in [1.54, 1.807) is 39.0 Å². The van der Waals surface area contributed by atoms with Gasteiger partial charge in [0.2, 0.25) is 17.6 Å². The summed E-state index contributed by atoms with van der Waals surface area (Å²) in [5.41, 5.74) is 8.68. The summed E-state index contributed by atoms with van der Waals surface area (Å²) in [6.45, 7) is 4.04. The normalized spacial score (nSPS) is 23.1. The highest BCUT2D eigenvalue weighted by Crippen LogP contribution is 2.39. The lowest BCUT2D eigenvalue weighted by Gasteiger charge is -2.23. The number of hydrogen-bond acceptors (Lipinski definition) is 8. The summed E-state index contributed by atoms with van der Waals surface area (Å²) in [6, 6.07) is 13.3. The fourth-order valence-corrected chi connectivity index (χ4v) is 3.83. The van der Waals surface area contributed by atoms with Crippen LogP contribution in [-0.4, -0.2) is 58.4 Å². The largest absolute Gasteiger partial charge is 0.388 e. The fourth-order valence-electron chi connectivity index (χ4n) is 3.83. The molecule has 1 heterocycles. The van der Waals surface area contributed by atoms with E-state index >= 15 is 0 Å². The van der Waals surface area contributed by atoms with Crippen LogP contribution in [-0.2, 0) is 30.3 Å². The van der Waals surface area contributed by atoms with Crippen molar-refractivity contribution in [1.82, 2.24) is 5.32 Å². The summed E-state index contributed by atoms with van der Waals surface area (Å²) in [5.74, 6) is -3.78. The van der Waals surface area contributed by atoms with Crippen molar-refractivity contribution < 1.29 is 34.1 Å². The third-order valence-electron chi connectivity index (χ3n) is 5.95. The van der Waals surface area contributed by atoms with E-state index in [9.17, 15) is 19.5 Å². The first-order valence-corrected chi connectivity index (χ1v) is 11.8. The number of aliphatic hydroxyl groups excluding tert-OH is 1. The van der Waals surface area contributed by atoms with Crippen molar-refractivity contribution in [3.63, 3.8) is 0 Å². The Labute approximate surface area is 209 Å². The number of Topliss-reactive ketones (excluding diaryl/α,β-unsaturated/α-hetero) is 1. The average Bonchev–Trinajstić information content (AvgIpc) is 3.21. The smallest absolute Gasteiger partial charge is 0.258 e. The minimum atomic E-state index is -2.18. The lowest BCUT2D eigenvalue weighted by atomic mass is 10.0. The molecule has 2 aromatic carbocycles. The first-order chi connectivity index (χ1) is 17.1. The standard InChI is InChI=1S/C26H33N3O7/c1-4-22-26(34,21(31)14-30)36-25(35-22)19-10-8-17(9-11-19)12-18-6-5-7-20(13-18)29-24(33)16(3)28-23(32)15(2)27/h5-11,13,15-16,22,25,30,34H,4,12,14,27H2,1-3H3,(H,28,32)(H,29,33)/t15-,16-,22+,25?,26+/m0/s1. The van der Waals surface area contributed by atoms with Crippen LogP contribution in [0.15, 0.2) is 48.5 Å². The highest BCUT2D eigenvalue weighted by atomic mass is 16.8. The molecule has 1 fully saturated rings. The number of nitrogens with one attached hydrogen (secondary N) is 2. The molecule has 1 saturated heterocycles. The van der Waals surface area contributed by atoms with E-state index in [-0.39, 0.29) is 5.91 Å². The average molecular weight is 500 g/mol. The van der Waals surface area contributed by atoms with E-state index < -0.39 is 48.6 Å². The number of aliphatic hydroxyl groups is 2. The van der Waals surface area contributed by atoms with Gasteiger partial charge in [-0.25, -0.2) is 0 Å². The number of anilines is 1. The van der Waals surface area contributed by atoms with Crippen molar-refractivity contribution in [1.29, 1.82) is 0 Å². The predicted octanol–water partition coefficient (Wildman–Crippen LogP) is 1.14. The molecule has 5 atom stereocenters. The topological polar surface area (TPSA) is 160 Å². The number of ether oxygens (including phenoxy) is 2. The molecule has 0 bridgehead atoms. The van der Waals surface area contributed by atoms with Gasteiger partial charge in [-0.2, -0.15) is 0 Å². The number of amides is 2. The number of carbonyl (C=O) groups is 3. The molecule has 6 N–H and O–H groups in total. The van der Waals surface area contributed by atoms with Crippen LogP contribution >= 0.6 is 0 Å². The van der Waals surface area contributed by atoms with E-state index in [0.29, 0.717) is 24.1 Å². The summed E-state index contributed by atoms with van der Waals surface area (Å²) in [6.07, 6.45) is -0.902. The van der Waals surface area contributed by atoms with Gasteiger partial charge >= 0.3 is 0 Å². The highest BCUT2D eigenvalue weighted by Gasteiger charge is 2.53. The van der Waals surface area contributed by atoms with E-state index in [4.69, 9.17) is 20.3 Å². The molecule has 0 spiro atoms. The predicted molar refractivity (Wildman–Crippen MR) is 132 cm³/mol. The zero-order valence-corrected chi connectivity index (χ0v) is 20.6. The molecule has 2 aromatic rings. The Hall–Kier alpha value is -3.15. The van der Waals surface area contributed by atoms with Crippen LogP contribution in [0.3, 0.4) is 0 Å². The van der Waals surface area contributed by atoms with Gasteiger partial charge in [0.15, 0.2) is 6.29 Å². The third-order valence-corrected chi connectivity index (χ3v) is 5.95. The van der Waals surface area contributed by atoms with Crippen LogP contribution in [0.25, 0.3) is 0 Å². The minimum absolute atomic E-state index is 0.334. The van der Waals surface area contributed by atoms with Crippen LogP contribution in [0.5, 0.6) is 0 Å². The van der Waals surface area contributed by atoms with Crippen LogP contribution in [0.1, 0.15) is 50.2 Å². The highest BCUT2D eigenvalue weighted by molar-refractivity contribution is 5.97. The quantitative estimate of drug-likeness (QED) is 0.325. The molecule has 0 aromatic heterocycles. The Morgan fingerprint density at radius 2 is 1.78 bits per heavy atom. The molecule has 1 aliphatic rings. The molecule has 3 rings (SSSR count). The molecule has 10 nitrogen and oxygen atoms in total. The molecular weight excluding hydrogens is 466 g/mol. The minimum Gasteiger partial charge on any atom is -0.388 e. The Morgan fingerprint density at radius 3 is 2.39 bits per heavy atom. The molecule has 0 radical (unpaired) electrons. The van der Waals surface area contributed by atoms with Gasteiger partial charge in [-0.15, -0.1) is 0 Å². The van der Waals surface area contributed by atoms with Gasteiger partial charge in [-0.1, -0.05) is 43.3 Å². The summed E-state index contributed by atoms with van der Waals surface area (Å²) in [5, 5.41) is 25.1. The maximum Gasteiger partial charge on any atom is 0.258 e. The second kappa shape index (κ2) is 11.7. The Kier molecular flexibility index (Phi) is 8.93. The summed E-state index contributed by atoms with van der Waals surface area (Å²) in [4.78, 5) is 36.1. The second-order valence-electron chi connectivity index (χ2n) is 8.89. The number of benzene rings is 2. The van der Waals surface area contributed by atoms with Gasteiger partial charge in [-0.05, 0) is 49.9 Å². The first-order valence-electron chi connectivity index (χ1n) is 11.8. The Balaban J connectivity index is 1.63. The van der Waals surface area contributed by atoms with E-state index in [2.05, 4.69) is 10.6 Å². The lowest BCUT2D eigenvalue weighted by molar-refractivity contribution is -0.206. The summed E-state index contributed by atoms with van der Waals surface area (Å²) < 4.78 is 11.2. The van der Waals surface area contributed by atoms with E-state index in [0.717, 1.165) is 11.1 Å². The molecular formula is C26H33N3O7. The molecule has 2 amide bonds. The van der Waals surface area contributed by atoms with E-state index in [1.165, 1.54) is 0 Å². The SMILES string of the molecule is CC[C@H]1OC(c2ccc(Cc3cccc(NC(=O)[C@H](C)NC(=O)[C@H](C)N)c3)cc2)O[C@]1(O)C(=O)CO. The number of carbonyl (C=O) groups excluding carboxylic acids is 3. The van der Waals surface area contributed by atoms with Gasteiger partial charge in [0.1, 0.15) is 18.8 Å². The van der Waals surface area contributed by atoms with Crippen molar-refractivity contribution in [2.24, 2.45) is 5.73 Å². The van der Waals surface area contributed by atoms with Crippen molar-refractivity contribution in [3.8, 4) is 0 Å². The summed E-state index contributed by atoms with van der Waals surface area (Å²) >= 11 is 0. The maximum atomic E-state index is 12.4. The molecule has 194 valence electrons. The van der Waals surface area contributed by atoms with E-state index in [1.807, 2.05) is 30.3 Å². The van der Waals surface area contributed by atoms with Gasteiger partial charge < -0.3 is 36.1 Å². The zero-order chi connectivity index (χ0) is 26.5. The summed E-state index contributed by atoms with van der Waals surface area (Å²) in [7, 11) is 0. The number of rotatable bonds is 10. The first kappa shape index (κ1) is 27.4. The van der Waals surface area contributed by atoms with Crippen LogP contribution in [0.4, 0.5) is 5.69 Å². The lowest BCUT2D eigenvalue weighted by Crippen LogP contribution is -2.48. The molecule has 0 aliphatic carbocycles. The Morgan fingerprint density at radius 1 is 1.08 bits per heavy atom. The van der Waals surface area contributed by atoms with Gasteiger partial charge in [0, 0.05) is 11.3 Å². The van der Waals surface area contributed by atoms with Crippen LogP contribution in [0.2, 0.25) is 0 Å². The zero-order valence-electron chi connectivity index (χ0n) is 20.6. The van der Waals surface area contributed by atoms with Crippen LogP contribution < -0.4 is 16.4 Å². The van der Waals surface area contributed by atoms with Crippen molar-refractivity contribution in [2.45, 2.75) is 63.9 Å². The van der Waals surface area contributed by atoms with Crippen molar-refractivity contribution in [2.75, 3.05) is 11.9 Å². The third kappa shape index (κ3) is 6.34. The molecule has 36 heavy (non-hydrogen) atoms. The number of nitrogens with two attached hydrogens (primary N) is 1. The number of ketones is 1. The monoisotopic (exact) mass is 499 g/mol. The Bertz CT molecular complexity index is 1090. The van der Waals surface area contributed by atoms with Crippen molar-refractivity contribution in [3.05, 3.63) is 65.2 Å². The molecule has 1 unspecified atom stereocenters. The molecule has 10 heteroatoms. The fraction of sp³-hybridized carbons (Fsp3) is 0.423. The van der Waals surface area contributed by atoms with Gasteiger partial charge in [0.25, 0.3) is 5.79 Å². The maximum absolute atomic E-state index is 12.4. The second-order valence-corrected chi connectivity index (χ2v) is 8.89. The number of hydrogen-bond donors (Lipinski definition) is 5. The molecule has 0 saturated carbocycles. The van der Waals surface area contributed by atoms with Gasteiger partial charge in [-0.3, -0.25) is 14.4 Å².